The highest BCUT2D eigenvalue weighted by atomic mass is 32.1. The number of nitrogens with one attached hydrogen (secondary N) is 1. The average Bonchev–Trinajstić information content (AvgIpc) is 3.39. The topological polar surface area (TPSA) is 79.2 Å². The number of thiophene rings is 1. The first-order valence-corrected chi connectivity index (χ1v) is 9.78. The van der Waals surface area contributed by atoms with Gasteiger partial charge in [0.15, 0.2) is 5.82 Å². The zero-order chi connectivity index (χ0) is 18.5. The van der Waals surface area contributed by atoms with Crippen LogP contribution in [0.4, 0.5) is 4.79 Å². The lowest BCUT2D eigenvalue weighted by molar-refractivity contribution is 0.133. The third-order valence-corrected chi connectivity index (χ3v) is 5.43. The maximum Gasteiger partial charge on any atom is 0.317 e. The number of carbonyl (C=O) groups excluding carboxylic acids is 1. The van der Waals surface area contributed by atoms with Crippen molar-refractivity contribution in [1.82, 2.24) is 35.3 Å². The van der Waals surface area contributed by atoms with Gasteiger partial charge in [0, 0.05) is 31.1 Å². The molecule has 1 N–H and O–H groups in total. The molecule has 1 fully saturated rings. The van der Waals surface area contributed by atoms with Crippen molar-refractivity contribution in [2.45, 2.75) is 13.1 Å². The molecule has 1 aliphatic heterocycles. The molecule has 1 aromatic carbocycles. The Morgan fingerprint density at radius 2 is 1.89 bits per heavy atom. The molecule has 27 heavy (non-hydrogen) atoms. The van der Waals surface area contributed by atoms with E-state index in [4.69, 9.17) is 0 Å². The van der Waals surface area contributed by atoms with Crippen molar-refractivity contribution in [3.63, 3.8) is 0 Å². The van der Waals surface area contributed by atoms with E-state index in [9.17, 15) is 4.79 Å². The van der Waals surface area contributed by atoms with E-state index >= 15 is 0 Å². The minimum atomic E-state index is -0.00262. The number of benzene rings is 1. The fourth-order valence-electron chi connectivity index (χ4n) is 3.07. The first kappa shape index (κ1) is 17.6. The number of hydrogen-bond acceptors (Lipinski definition) is 6. The highest BCUT2D eigenvalue weighted by Gasteiger charge is 2.22. The number of para-hydroxylation sites is 1. The van der Waals surface area contributed by atoms with Gasteiger partial charge in [-0.25, -0.2) is 4.79 Å². The number of rotatable bonds is 5. The second kappa shape index (κ2) is 8.28. The minimum Gasteiger partial charge on any atom is -0.333 e. The van der Waals surface area contributed by atoms with Crippen LogP contribution in [0.1, 0.15) is 10.7 Å². The molecule has 0 radical (unpaired) electrons. The summed E-state index contributed by atoms with van der Waals surface area (Å²) in [6, 6.07) is 13.9. The fourth-order valence-corrected chi connectivity index (χ4v) is 3.72. The summed E-state index contributed by atoms with van der Waals surface area (Å²) in [6.07, 6.45) is 0. The summed E-state index contributed by atoms with van der Waals surface area (Å²) in [6.45, 7) is 4.24. The number of piperazine rings is 1. The summed E-state index contributed by atoms with van der Waals surface area (Å²) in [5.41, 5.74) is 0.948. The summed E-state index contributed by atoms with van der Waals surface area (Å²) >= 11 is 1.65. The van der Waals surface area contributed by atoms with Crippen molar-refractivity contribution in [1.29, 1.82) is 0 Å². The van der Waals surface area contributed by atoms with Crippen LogP contribution in [0, 0.1) is 0 Å². The molecule has 0 atom stereocenters. The molecule has 8 nitrogen and oxygen atoms in total. The van der Waals surface area contributed by atoms with Crippen LogP contribution in [0.5, 0.6) is 0 Å². The van der Waals surface area contributed by atoms with Gasteiger partial charge in [-0.15, -0.1) is 16.4 Å². The lowest BCUT2D eigenvalue weighted by atomic mass is 10.3. The molecule has 0 aliphatic carbocycles. The number of carbonyl (C=O) groups is 1. The molecular formula is C18H21N7OS. The van der Waals surface area contributed by atoms with Gasteiger partial charge in [-0.1, -0.05) is 24.3 Å². The predicted molar refractivity (Wildman–Crippen MR) is 103 cm³/mol. The van der Waals surface area contributed by atoms with Crippen molar-refractivity contribution in [3.05, 3.63) is 58.5 Å². The first-order valence-electron chi connectivity index (χ1n) is 8.90. The Kier molecular flexibility index (Phi) is 5.40. The van der Waals surface area contributed by atoms with Gasteiger partial charge < -0.3 is 10.2 Å². The summed E-state index contributed by atoms with van der Waals surface area (Å²) in [4.78, 5) is 17.6. The van der Waals surface area contributed by atoms with Gasteiger partial charge in [0.05, 0.1) is 18.8 Å². The number of aromatic nitrogens is 4. The predicted octanol–water partition coefficient (Wildman–Crippen LogP) is 1.75. The summed E-state index contributed by atoms with van der Waals surface area (Å²) in [5.74, 6) is 0.803. The highest BCUT2D eigenvalue weighted by Crippen LogP contribution is 2.12. The van der Waals surface area contributed by atoms with Crippen molar-refractivity contribution in [2.75, 3.05) is 26.2 Å². The molecule has 0 spiro atoms. The quantitative estimate of drug-likeness (QED) is 0.726. The fraction of sp³-hybridized carbons (Fsp3) is 0.333. The molecule has 2 aromatic heterocycles. The highest BCUT2D eigenvalue weighted by molar-refractivity contribution is 7.09. The largest absolute Gasteiger partial charge is 0.333 e. The molecular weight excluding hydrogens is 362 g/mol. The van der Waals surface area contributed by atoms with Crippen LogP contribution in [0.25, 0.3) is 5.69 Å². The normalized spacial score (nSPS) is 15.0. The van der Waals surface area contributed by atoms with E-state index in [0.717, 1.165) is 29.5 Å². The second-order valence-corrected chi connectivity index (χ2v) is 7.38. The Morgan fingerprint density at radius 3 is 2.63 bits per heavy atom. The number of urea groups is 1. The Labute approximate surface area is 161 Å². The van der Waals surface area contributed by atoms with E-state index in [1.807, 2.05) is 52.7 Å². The monoisotopic (exact) mass is 383 g/mol. The SMILES string of the molecule is O=C(NCc1cccs1)N1CCN(Cc2nnnn2-c2ccccc2)CC1. The molecule has 0 unspecified atom stereocenters. The number of nitrogens with zero attached hydrogens (tertiary/aromatic N) is 6. The van der Waals surface area contributed by atoms with E-state index in [-0.39, 0.29) is 6.03 Å². The third kappa shape index (κ3) is 4.32. The molecule has 1 aliphatic rings. The van der Waals surface area contributed by atoms with Gasteiger partial charge in [0.2, 0.25) is 0 Å². The lowest BCUT2D eigenvalue weighted by Crippen LogP contribution is -2.51. The number of amides is 2. The second-order valence-electron chi connectivity index (χ2n) is 6.34. The standard InChI is InChI=1S/C18H21N7OS/c26-18(19-13-16-7-4-12-27-16)24-10-8-23(9-11-24)14-17-20-21-22-25(17)15-5-2-1-3-6-15/h1-7,12H,8-11,13-14H2,(H,19,26). The van der Waals surface area contributed by atoms with Crippen LogP contribution in [-0.2, 0) is 13.1 Å². The summed E-state index contributed by atoms with van der Waals surface area (Å²) in [5, 5.41) is 17.1. The average molecular weight is 383 g/mol. The van der Waals surface area contributed by atoms with E-state index in [2.05, 4.69) is 25.7 Å². The number of hydrogen-bond donors (Lipinski definition) is 1. The van der Waals surface area contributed by atoms with Crippen LogP contribution in [-0.4, -0.2) is 62.2 Å². The van der Waals surface area contributed by atoms with Crippen LogP contribution < -0.4 is 5.32 Å². The summed E-state index contributed by atoms with van der Waals surface area (Å²) in [7, 11) is 0. The molecule has 3 heterocycles. The zero-order valence-electron chi connectivity index (χ0n) is 14.9. The first-order chi connectivity index (χ1) is 13.3. The van der Waals surface area contributed by atoms with Crippen LogP contribution in [0.15, 0.2) is 47.8 Å². The lowest BCUT2D eigenvalue weighted by Gasteiger charge is -2.34. The van der Waals surface area contributed by atoms with Crippen molar-refractivity contribution < 1.29 is 4.79 Å². The molecule has 0 saturated carbocycles. The Balaban J connectivity index is 1.29. The van der Waals surface area contributed by atoms with Gasteiger partial charge in [-0.05, 0) is 34.0 Å². The van der Waals surface area contributed by atoms with Crippen molar-refractivity contribution in [3.8, 4) is 5.69 Å². The van der Waals surface area contributed by atoms with E-state index in [1.54, 1.807) is 16.0 Å². The maximum atomic E-state index is 12.3. The van der Waals surface area contributed by atoms with Crippen LogP contribution in [0.3, 0.4) is 0 Å². The van der Waals surface area contributed by atoms with Crippen LogP contribution in [0.2, 0.25) is 0 Å². The van der Waals surface area contributed by atoms with Gasteiger partial charge in [-0.3, -0.25) is 4.90 Å². The molecule has 3 aromatic rings. The smallest absolute Gasteiger partial charge is 0.317 e. The summed E-state index contributed by atoms with van der Waals surface area (Å²) < 4.78 is 1.76. The van der Waals surface area contributed by atoms with Gasteiger partial charge in [0.25, 0.3) is 0 Å². The molecule has 9 heteroatoms. The zero-order valence-corrected chi connectivity index (χ0v) is 15.7. The molecule has 2 amide bonds. The van der Waals surface area contributed by atoms with E-state index in [0.29, 0.717) is 26.2 Å². The Bertz CT molecular complexity index is 857. The maximum absolute atomic E-state index is 12.3. The molecule has 4 rings (SSSR count). The van der Waals surface area contributed by atoms with Crippen LogP contribution >= 0.6 is 11.3 Å². The minimum absolute atomic E-state index is 0.00262. The van der Waals surface area contributed by atoms with Crippen molar-refractivity contribution in [2.24, 2.45) is 0 Å². The molecule has 0 bridgehead atoms. The third-order valence-electron chi connectivity index (χ3n) is 4.55. The van der Waals surface area contributed by atoms with Gasteiger partial charge >= 0.3 is 6.03 Å². The van der Waals surface area contributed by atoms with Gasteiger partial charge in [0.1, 0.15) is 0 Å². The van der Waals surface area contributed by atoms with Gasteiger partial charge in [-0.2, -0.15) is 4.68 Å². The molecule has 1 saturated heterocycles. The Morgan fingerprint density at radius 1 is 1.07 bits per heavy atom. The molecule has 140 valence electrons. The van der Waals surface area contributed by atoms with E-state index in [1.165, 1.54) is 0 Å². The van der Waals surface area contributed by atoms with Crippen molar-refractivity contribution >= 4 is 17.4 Å². The number of tetrazole rings is 1. The van der Waals surface area contributed by atoms with E-state index < -0.39 is 0 Å². The Hall–Kier alpha value is -2.78.